The molecule has 2 amide bonds. The average molecular weight is 408 g/mol. The smallest absolute Gasteiger partial charge is 0.329 e. The Morgan fingerprint density at radius 3 is 2.33 bits per heavy atom. The molecule has 2 rings (SSSR count). The quantitative estimate of drug-likeness (QED) is 0.437. The first-order valence-electron chi connectivity index (χ1n) is 8.19. The zero-order valence-electron chi connectivity index (χ0n) is 14.9. The second kappa shape index (κ2) is 9.94. The monoisotopic (exact) mass is 407 g/mol. The Hall–Kier alpha value is -2.57. The molecule has 0 atom stereocenters. The summed E-state index contributed by atoms with van der Waals surface area (Å²) in [6.07, 6.45) is 1.33. The molecule has 142 valence electrons. The van der Waals surface area contributed by atoms with Gasteiger partial charge in [0.05, 0.1) is 22.9 Å². The van der Waals surface area contributed by atoms with Crippen molar-refractivity contribution in [2.45, 2.75) is 20.4 Å². The van der Waals surface area contributed by atoms with Crippen molar-refractivity contribution in [2.75, 3.05) is 6.61 Å². The molecule has 8 heteroatoms. The largest absolute Gasteiger partial charge is 0.491 e. The summed E-state index contributed by atoms with van der Waals surface area (Å²) in [5.41, 5.74) is 4.72. The molecule has 2 aromatic rings. The summed E-state index contributed by atoms with van der Waals surface area (Å²) in [4.78, 5) is 23.6. The number of nitrogens with zero attached hydrogens (tertiary/aromatic N) is 1. The van der Waals surface area contributed by atoms with Crippen molar-refractivity contribution in [3.05, 3.63) is 63.1 Å². The van der Waals surface area contributed by atoms with E-state index in [0.717, 1.165) is 11.1 Å². The molecule has 0 aliphatic rings. The molecule has 0 aliphatic heterocycles. The van der Waals surface area contributed by atoms with Crippen LogP contribution in [0.5, 0.6) is 5.75 Å². The number of ether oxygens (including phenoxy) is 1. The van der Waals surface area contributed by atoms with Crippen molar-refractivity contribution >= 4 is 41.2 Å². The molecule has 0 aromatic heterocycles. The second-order valence-electron chi connectivity index (χ2n) is 5.61. The third kappa shape index (κ3) is 6.27. The van der Waals surface area contributed by atoms with E-state index >= 15 is 0 Å². The average Bonchev–Trinajstić information content (AvgIpc) is 2.64. The highest BCUT2D eigenvalue weighted by Crippen LogP contribution is 2.33. The van der Waals surface area contributed by atoms with Crippen molar-refractivity contribution in [1.82, 2.24) is 10.7 Å². The molecule has 0 unspecified atom stereocenters. The first kappa shape index (κ1) is 20.7. The first-order chi connectivity index (χ1) is 12.9. The molecule has 0 saturated heterocycles. The number of hydrogen-bond donors (Lipinski definition) is 2. The summed E-state index contributed by atoms with van der Waals surface area (Å²) in [7, 11) is 0. The Bertz CT molecular complexity index is 829. The highest BCUT2D eigenvalue weighted by molar-refractivity contribution is 6.37. The van der Waals surface area contributed by atoms with E-state index < -0.39 is 11.8 Å². The number of halogens is 2. The van der Waals surface area contributed by atoms with Crippen LogP contribution < -0.4 is 15.5 Å². The Morgan fingerprint density at radius 2 is 1.74 bits per heavy atom. The molecule has 0 bridgehead atoms. The van der Waals surface area contributed by atoms with Crippen molar-refractivity contribution in [1.29, 1.82) is 0 Å². The number of hydrogen-bond acceptors (Lipinski definition) is 4. The minimum atomic E-state index is -0.874. The van der Waals surface area contributed by atoms with Crippen molar-refractivity contribution in [3.63, 3.8) is 0 Å². The Balaban J connectivity index is 1.88. The van der Waals surface area contributed by atoms with Crippen LogP contribution in [0, 0.1) is 6.92 Å². The van der Waals surface area contributed by atoms with Gasteiger partial charge in [0.25, 0.3) is 0 Å². The van der Waals surface area contributed by atoms with Crippen LogP contribution >= 0.6 is 23.2 Å². The van der Waals surface area contributed by atoms with E-state index in [0.29, 0.717) is 28.0 Å². The number of amides is 2. The van der Waals surface area contributed by atoms with E-state index in [2.05, 4.69) is 15.8 Å². The summed E-state index contributed by atoms with van der Waals surface area (Å²) < 4.78 is 5.34. The molecule has 0 spiro atoms. The van der Waals surface area contributed by atoms with Crippen LogP contribution in [0.3, 0.4) is 0 Å². The maximum absolute atomic E-state index is 11.8. The highest BCUT2D eigenvalue weighted by atomic mass is 35.5. The second-order valence-corrected chi connectivity index (χ2v) is 6.43. The minimum Gasteiger partial charge on any atom is -0.491 e. The molecule has 0 heterocycles. The summed E-state index contributed by atoms with van der Waals surface area (Å²) in [6, 6.07) is 10.8. The van der Waals surface area contributed by atoms with Gasteiger partial charge in [-0.25, -0.2) is 5.43 Å². The summed E-state index contributed by atoms with van der Waals surface area (Å²) in [6.45, 7) is 4.47. The fraction of sp³-hybridized carbons (Fsp3) is 0.211. The van der Waals surface area contributed by atoms with Crippen molar-refractivity contribution in [2.24, 2.45) is 5.10 Å². The SMILES string of the molecule is CCOc1c(Cl)cc(/C=N\NC(=O)C(=O)NCc2ccc(C)cc2)cc1Cl. The Morgan fingerprint density at radius 1 is 1.11 bits per heavy atom. The van der Waals surface area contributed by atoms with Gasteiger partial charge in [0.2, 0.25) is 0 Å². The summed E-state index contributed by atoms with van der Waals surface area (Å²) >= 11 is 12.2. The van der Waals surface area contributed by atoms with E-state index in [1.54, 1.807) is 12.1 Å². The minimum absolute atomic E-state index is 0.250. The van der Waals surface area contributed by atoms with Crippen molar-refractivity contribution < 1.29 is 14.3 Å². The number of carbonyl (C=O) groups excluding carboxylic acids is 2. The van der Waals surface area contributed by atoms with Gasteiger partial charge in [-0.1, -0.05) is 53.0 Å². The molecule has 6 nitrogen and oxygen atoms in total. The van der Waals surface area contributed by atoms with Crippen LogP contribution in [-0.4, -0.2) is 24.6 Å². The fourth-order valence-corrected chi connectivity index (χ4v) is 2.73. The van der Waals surface area contributed by atoms with Gasteiger partial charge in [0.15, 0.2) is 5.75 Å². The summed E-state index contributed by atoms with van der Waals surface area (Å²) in [5, 5.41) is 6.92. The Labute approximate surface area is 167 Å². The van der Waals surface area contributed by atoms with E-state index in [9.17, 15) is 9.59 Å². The van der Waals surface area contributed by atoms with Crippen LogP contribution in [0.4, 0.5) is 0 Å². The number of rotatable bonds is 6. The standard InChI is InChI=1S/C19H19Cl2N3O3/c1-3-27-17-15(20)8-14(9-16(17)21)11-23-24-19(26)18(25)22-10-13-6-4-12(2)5-7-13/h4-9,11H,3,10H2,1-2H3,(H,22,25)(H,24,26)/b23-11-. The number of carbonyl (C=O) groups is 2. The third-order valence-electron chi connectivity index (χ3n) is 3.47. The van der Waals surface area contributed by atoms with E-state index in [1.807, 2.05) is 38.1 Å². The van der Waals surface area contributed by atoms with Gasteiger partial charge in [-0.2, -0.15) is 5.10 Å². The predicted molar refractivity (Wildman–Crippen MR) is 106 cm³/mol. The number of hydrazone groups is 1. The van der Waals surface area contributed by atoms with Gasteiger partial charge in [0.1, 0.15) is 0 Å². The molecule has 27 heavy (non-hydrogen) atoms. The van der Waals surface area contributed by atoms with E-state index in [-0.39, 0.29) is 6.54 Å². The van der Waals surface area contributed by atoms with Gasteiger partial charge < -0.3 is 10.1 Å². The zero-order valence-corrected chi connectivity index (χ0v) is 16.4. The number of aryl methyl sites for hydroxylation is 1. The maximum atomic E-state index is 11.8. The van der Waals surface area contributed by atoms with Gasteiger partial charge in [-0.3, -0.25) is 9.59 Å². The lowest BCUT2D eigenvalue weighted by molar-refractivity contribution is -0.139. The first-order valence-corrected chi connectivity index (χ1v) is 8.95. The zero-order chi connectivity index (χ0) is 19.8. The molecule has 0 aliphatic carbocycles. The van der Waals surface area contributed by atoms with Crippen molar-refractivity contribution in [3.8, 4) is 5.75 Å². The molecule has 2 N–H and O–H groups in total. The third-order valence-corrected chi connectivity index (χ3v) is 4.03. The molecular formula is C19H19Cl2N3O3. The van der Waals surface area contributed by atoms with Crippen LogP contribution in [0.25, 0.3) is 0 Å². The predicted octanol–water partition coefficient (Wildman–Crippen LogP) is 3.47. The van der Waals surface area contributed by atoms with Gasteiger partial charge >= 0.3 is 11.8 Å². The van der Waals surface area contributed by atoms with Gasteiger partial charge in [0, 0.05) is 6.54 Å². The van der Waals surface area contributed by atoms with Gasteiger partial charge in [-0.05, 0) is 37.1 Å². The van der Waals surface area contributed by atoms with E-state index in [4.69, 9.17) is 27.9 Å². The van der Waals surface area contributed by atoms with Crippen LogP contribution in [-0.2, 0) is 16.1 Å². The van der Waals surface area contributed by atoms with Gasteiger partial charge in [-0.15, -0.1) is 0 Å². The highest BCUT2D eigenvalue weighted by Gasteiger charge is 2.12. The molecule has 2 aromatic carbocycles. The molecular weight excluding hydrogens is 389 g/mol. The van der Waals surface area contributed by atoms with E-state index in [1.165, 1.54) is 6.21 Å². The van der Waals surface area contributed by atoms with Crippen LogP contribution in [0.2, 0.25) is 10.0 Å². The topological polar surface area (TPSA) is 79.8 Å². The van der Waals surface area contributed by atoms with Crippen LogP contribution in [0.15, 0.2) is 41.5 Å². The number of benzene rings is 2. The Kier molecular flexibility index (Phi) is 7.64. The normalized spacial score (nSPS) is 10.7. The fourth-order valence-electron chi connectivity index (χ4n) is 2.12. The lowest BCUT2D eigenvalue weighted by Gasteiger charge is -2.08. The molecule has 0 radical (unpaired) electrons. The summed E-state index contributed by atoms with van der Waals surface area (Å²) in [5.74, 6) is -1.27. The molecule has 0 fully saturated rings. The lowest BCUT2D eigenvalue weighted by atomic mass is 10.1. The molecule has 0 saturated carbocycles. The lowest BCUT2D eigenvalue weighted by Crippen LogP contribution is -2.37. The van der Waals surface area contributed by atoms with Crippen LogP contribution in [0.1, 0.15) is 23.6 Å². The maximum Gasteiger partial charge on any atom is 0.329 e. The number of nitrogens with one attached hydrogen (secondary N) is 2.